The van der Waals surface area contributed by atoms with E-state index < -0.39 is 53.8 Å². The third-order valence-electron chi connectivity index (χ3n) is 8.78. The van der Waals surface area contributed by atoms with Gasteiger partial charge in [-0.05, 0) is 22.8 Å². The first-order valence-corrected chi connectivity index (χ1v) is 15.4. The van der Waals surface area contributed by atoms with Gasteiger partial charge in [-0.25, -0.2) is 8.78 Å². The number of fused-ring (bicyclic) bond motifs is 2. The van der Waals surface area contributed by atoms with Crippen LogP contribution in [0.5, 0.6) is 0 Å². The molecule has 238 valence electrons. The molecule has 0 aliphatic carbocycles. The van der Waals surface area contributed by atoms with E-state index in [9.17, 15) is 23.2 Å². The predicted molar refractivity (Wildman–Crippen MR) is 167 cm³/mol. The molecular formula is C37H31F2N3O5. The molecule has 8 nitrogen and oxygen atoms in total. The monoisotopic (exact) mass is 635 g/mol. The van der Waals surface area contributed by atoms with Gasteiger partial charge in [-0.1, -0.05) is 97.1 Å². The average Bonchev–Trinajstić information content (AvgIpc) is 3.48. The van der Waals surface area contributed by atoms with Crippen LogP contribution in [-0.4, -0.2) is 52.3 Å². The SMILES string of the molecule is O=C(NCc1ccc(F)cc1F)C1=CN2CC3OC(c4ccccc4)C(c4ccccc4)N3C(=O)C2C(OCc2ccccc2)C1=O. The molecule has 5 unspecified atom stereocenters. The summed E-state index contributed by atoms with van der Waals surface area (Å²) in [4.78, 5) is 45.4. The van der Waals surface area contributed by atoms with Crippen molar-refractivity contribution in [1.82, 2.24) is 15.1 Å². The van der Waals surface area contributed by atoms with Crippen LogP contribution >= 0.6 is 0 Å². The second-order valence-corrected chi connectivity index (χ2v) is 11.7. The van der Waals surface area contributed by atoms with Crippen LogP contribution in [-0.2, 0) is 37.0 Å². The Morgan fingerprint density at radius 2 is 1.51 bits per heavy atom. The lowest BCUT2D eigenvalue weighted by Gasteiger charge is -2.47. The van der Waals surface area contributed by atoms with E-state index in [0.717, 1.165) is 28.8 Å². The van der Waals surface area contributed by atoms with Gasteiger partial charge < -0.3 is 24.6 Å². The number of carbonyl (C=O) groups is 3. The van der Waals surface area contributed by atoms with E-state index in [0.29, 0.717) is 0 Å². The third kappa shape index (κ3) is 5.93. The maximum Gasteiger partial charge on any atom is 0.256 e. The Labute approximate surface area is 270 Å². The summed E-state index contributed by atoms with van der Waals surface area (Å²) >= 11 is 0. The molecule has 0 aromatic heterocycles. The lowest BCUT2D eigenvalue weighted by atomic mass is 9.89. The first kappa shape index (κ1) is 30.5. The van der Waals surface area contributed by atoms with Crippen molar-refractivity contribution in [3.05, 3.63) is 155 Å². The van der Waals surface area contributed by atoms with Crippen molar-refractivity contribution in [2.45, 2.75) is 43.7 Å². The van der Waals surface area contributed by atoms with E-state index in [4.69, 9.17) is 9.47 Å². The second kappa shape index (κ2) is 12.9. The molecule has 0 radical (unpaired) electrons. The van der Waals surface area contributed by atoms with Gasteiger partial charge in [0, 0.05) is 24.4 Å². The molecule has 2 fully saturated rings. The number of ketones is 1. The fourth-order valence-corrected chi connectivity index (χ4v) is 6.52. The van der Waals surface area contributed by atoms with E-state index in [2.05, 4.69) is 5.32 Å². The molecule has 0 spiro atoms. The predicted octanol–water partition coefficient (Wildman–Crippen LogP) is 4.98. The highest BCUT2D eigenvalue weighted by molar-refractivity contribution is 6.22. The van der Waals surface area contributed by atoms with Gasteiger partial charge in [0.15, 0.2) is 12.3 Å². The summed E-state index contributed by atoms with van der Waals surface area (Å²) in [6.07, 6.45) is -1.11. The Morgan fingerprint density at radius 3 is 2.19 bits per heavy atom. The average molecular weight is 636 g/mol. The quantitative estimate of drug-likeness (QED) is 0.275. The Kier molecular flexibility index (Phi) is 8.36. The number of hydrogen-bond donors (Lipinski definition) is 1. The molecule has 3 aliphatic rings. The van der Waals surface area contributed by atoms with Gasteiger partial charge in [-0.2, -0.15) is 0 Å². The number of halogens is 2. The van der Waals surface area contributed by atoms with Gasteiger partial charge in [0.05, 0.1) is 19.2 Å². The number of rotatable bonds is 8. The Bertz CT molecular complexity index is 1820. The number of carbonyl (C=O) groups excluding carboxylic acids is 3. The molecule has 2 amide bonds. The summed E-state index contributed by atoms with van der Waals surface area (Å²) in [5, 5.41) is 2.56. The van der Waals surface area contributed by atoms with Crippen molar-refractivity contribution < 1.29 is 32.6 Å². The molecule has 5 atom stereocenters. The minimum absolute atomic E-state index is 0.0270. The molecule has 0 bridgehead atoms. The summed E-state index contributed by atoms with van der Waals surface area (Å²) in [7, 11) is 0. The highest BCUT2D eigenvalue weighted by Gasteiger charge is 2.57. The van der Waals surface area contributed by atoms with Crippen LogP contribution in [0, 0.1) is 11.6 Å². The standard InChI is InChI=1S/C37H31F2N3O5/c38-27-17-16-26(29(39)18-27)19-40-36(44)28-20-41-21-30-42(37(45)32(41)35(33(28)43)46-22-23-10-4-1-5-11-23)31(24-12-6-2-7-13-24)34(47-30)25-14-8-3-9-15-25/h1-18,20,30-32,34-35H,19,21-22H2,(H,40,44). The molecule has 1 N–H and O–H groups in total. The van der Waals surface area contributed by atoms with E-state index in [-0.39, 0.29) is 36.7 Å². The van der Waals surface area contributed by atoms with Crippen LogP contribution < -0.4 is 5.32 Å². The summed E-state index contributed by atoms with van der Waals surface area (Å²) in [5.74, 6) is -3.35. The van der Waals surface area contributed by atoms with Gasteiger partial charge in [0.25, 0.3) is 11.8 Å². The number of nitrogens with zero attached hydrogens (tertiary/aromatic N) is 2. The Hall–Kier alpha value is -5.19. The van der Waals surface area contributed by atoms with Gasteiger partial charge in [-0.15, -0.1) is 0 Å². The van der Waals surface area contributed by atoms with Crippen molar-refractivity contribution in [1.29, 1.82) is 0 Å². The molecule has 10 heteroatoms. The highest BCUT2D eigenvalue weighted by atomic mass is 19.1. The Balaban J connectivity index is 1.22. The fourth-order valence-electron chi connectivity index (χ4n) is 6.52. The number of Topliss-reactive ketones (excluding diaryl/α,β-unsaturated/α-hetero) is 1. The number of hydrogen-bond acceptors (Lipinski definition) is 6. The van der Waals surface area contributed by atoms with E-state index in [1.807, 2.05) is 91.0 Å². The van der Waals surface area contributed by atoms with Crippen LogP contribution in [0.2, 0.25) is 0 Å². The van der Waals surface area contributed by atoms with E-state index in [1.165, 1.54) is 12.3 Å². The lowest BCUT2D eigenvalue weighted by molar-refractivity contribution is -0.167. The van der Waals surface area contributed by atoms with Crippen LogP contribution in [0.15, 0.2) is 121 Å². The first-order chi connectivity index (χ1) is 22.9. The molecule has 4 aromatic carbocycles. The minimum atomic E-state index is -1.32. The summed E-state index contributed by atoms with van der Waals surface area (Å²) in [6.45, 7) is -0.0748. The number of nitrogens with one attached hydrogen (secondary N) is 1. The third-order valence-corrected chi connectivity index (χ3v) is 8.78. The molecule has 0 saturated carbocycles. The smallest absolute Gasteiger partial charge is 0.256 e. The lowest BCUT2D eigenvalue weighted by Crippen LogP contribution is -2.66. The first-order valence-electron chi connectivity index (χ1n) is 15.4. The van der Waals surface area contributed by atoms with Crippen LogP contribution in [0.25, 0.3) is 0 Å². The van der Waals surface area contributed by atoms with Gasteiger partial charge in [0.1, 0.15) is 29.4 Å². The van der Waals surface area contributed by atoms with Gasteiger partial charge in [-0.3, -0.25) is 14.4 Å². The zero-order valence-corrected chi connectivity index (χ0v) is 25.2. The number of ether oxygens (including phenoxy) is 2. The number of benzene rings is 4. The van der Waals surface area contributed by atoms with E-state index in [1.54, 1.807) is 9.80 Å². The normalized spacial score (nSPS) is 23.6. The molecule has 2 saturated heterocycles. The van der Waals surface area contributed by atoms with Gasteiger partial charge in [0.2, 0.25) is 5.78 Å². The van der Waals surface area contributed by atoms with Crippen molar-refractivity contribution >= 4 is 17.6 Å². The highest BCUT2D eigenvalue weighted by Crippen LogP contribution is 2.48. The van der Waals surface area contributed by atoms with Crippen LogP contribution in [0.4, 0.5) is 8.78 Å². The molecule has 3 heterocycles. The fraction of sp³-hybridized carbons (Fsp3) is 0.216. The van der Waals surface area contributed by atoms with Crippen molar-refractivity contribution in [2.24, 2.45) is 0 Å². The zero-order chi connectivity index (χ0) is 32.5. The summed E-state index contributed by atoms with van der Waals surface area (Å²) in [6, 6.07) is 30.0. The minimum Gasteiger partial charge on any atom is -0.363 e. The van der Waals surface area contributed by atoms with Gasteiger partial charge >= 0.3 is 0 Å². The zero-order valence-electron chi connectivity index (χ0n) is 25.2. The molecule has 7 rings (SSSR count). The van der Waals surface area contributed by atoms with Crippen molar-refractivity contribution in [2.75, 3.05) is 6.54 Å². The van der Waals surface area contributed by atoms with Crippen molar-refractivity contribution in [3.63, 3.8) is 0 Å². The summed E-state index contributed by atoms with van der Waals surface area (Å²) in [5.41, 5.74) is 2.40. The maximum atomic E-state index is 14.6. The Morgan fingerprint density at radius 1 is 0.851 bits per heavy atom. The largest absolute Gasteiger partial charge is 0.363 e. The number of piperazine rings is 1. The number of amides is 2. The second-order valence-electron chi connectivity index (χ2n) is 11.7. The molecular weight excluding hydrogens is 604 g/mol. The maximum absolute atomic E-state index is 14.6. The molecule has 47 heavy (non-hydrogen) atoms. The molecule has 3 aliphatic heterocycles. The van der Waals surface area contributed by atoms with Crippen molar-refractivity contribution in [3.8, 4) is 0 Å². The van der Waals surface area contributed by atoms with Crippen LogP contribution in [0.3, 0.4) is 0 Å². The summed E-state index contributed by atoms with van der Waals surface area (Å²) < 4.78 is 40.5. The topological polar surface area (TPSA) is 88.2 Å². The van der Waals surface area contributed by atoms with E-state index >= 15 is 0 Å². The molecule has 4 aromatic rings. The van der Waals surface area contributed by atoms with Crippen LogP contribution in [0.1, 0.15) is 34.4 Å².